The highest BCUT2D eigenvalue weighted by molar-refractivity contribution is 5.66. The number of rotatable bonds is 5. The number of hydrogen-bond acceptors (Lipinski definition) is 2. The average molecular weight is 258 g/mol. The fraction of sp³-hybridized carbons (Fsp3) is 0.333. The normalized spacial score (nSPS) is 10.6. The van der Waals surface area contributed by atoms with Crippen LogP contribution in [-0.4, -0.2) is 20.6 Å². The summed E-state index contributed by atoms with van der Waals surface area (Å²) < 4.78 is 1.99. The van der Waals surface area contributed by atoms with Crippen LogP contribution in [-0.2, 0) is 24.7 Å². The Labute approximate surface area is 112 Å². The van der Waals surface area contributed by atoms with E-state index in [0.717, 1.165) is 23.6 Å². The zero-order chi connectivity index (χ0) is 13.8. The van der Waals surface area contributed by atoms with Gasteiger partial charge in [-0.05, 0) is 12.5 Å². The smallest absolute Gasteiger partial charge is 0.303 e. The van der Waals surface area contributed by atoms with Crippen LogP contribution in [0.25, 0.3) is 0 Å². The van der Waals surface area contributed by atoms with Crippen molar-refractivity contribution in [3.05, 3.63) is 53.1 Å². The minimum absolute atomic E-state index is 0.120. The first-order valence-electron chi connectivity index (χ1n) is 6.34. The number of imidazole rings is 1. The van der Waals surface area contributed by atoms with Crippen molar-refractivity contribution >= 4 is 5.97 Å². The number of hydrogen-bond donors (Lipinski definition) is 1. The number of nitrogens with zero attached hydrogens (tertiary/aromatic N) is 2. The molecular weight excluding hydrogens is 240 g/mol. The van der Waals surface area contributed by atoms with Gasteiger partial charge in [-0.25, -0.2) is 4.98 Å². The van der Waals surface area contributed by atoms with E-state index < -0.39 is 5.97 Å². The van der Waals surface area contributed by atoms with Gasteiger partial charge in [-0.1, -0.05) is 30.3 Å². The molecule has 19 heavy (non-hydrogen) atoms. The maximum absolute atomic E-state index is 10.6. The van der Waals surface area contributed by atoms with Gasteiger partial charge in [0.1, 0.15) is 5.82 Å². The maximum atomic E-state index is 10.6. The van der Waals surface area contributed by atoms with E-state index in [9.17, 15) is 4.79 Å². The van der Waals surface area contributed by atoms with Gasteiger partial charge in [0, 0.05) is 25.6 Å². The molecular formula is C15H18N2O2. The second-order valence-electron chi connectivity index (χ2n) is 4.68. The molecule has 0 saturated carbocycles. The zero-order valence-corrected chi connectivity index (χ0v) is 11.3. The lowest BCUT2D eigenvalue weighted by Gasteiger charge is -2.01. The quantitative estimate of drug-likeness (QED) is 0.895. The second kappa shape index (κ2) is 5.69. The lowest BCUT2D eigenvalue weighted by atomic mass is 10.1. The van der Waals surface area contributed by atoms with Crippen LogP contribution in [0.3, 0.4) is 0 Å². The molecule has 1 aromatic heterocycles. The van der Waals surface area contributed by atoms with Crippen LogP contribution in [0.1, 0.15) is 29.2 Å². The highest BCUT2D eigenvalue weighted by atomic mass is 16.4. The molecule has 0 amide bonds. The van der Waals surface area contributed by atoms with E-state index in [2.05, 4.69) is 17.1 Å². The van der Waals surface area contributed by atoms with E-state index in [0.29, 0.717) is 6.42 Å². The average Bonchev–Trinajstić information content (AvgIpc) is 2.66. The molecule has 0 fully saturated rings. The highest BCUT2D eigenvalue weighted by Crippen LogP contribution is 2.15. The van der Waals surface area contributed by atoms with Gasteiger partial charge in [0.25, 0.3) is 0 Å². The van der Waals surface area contributed by atoms with Crippen molar-refractivity contribution in [3.63, 3.8) is 0 Å². The van der Waals surface area contributed by atoms with Crippen molar-refractivity contribution in [2.24, 2.45) is 7.05 Å². The summed E-state index contributed by atoms with van der Waals surface area (Å²) in [6, 6.07) is 10.2. The molecule has 0 aliphatic heterocycles. The molecule has 0 saturated heterocycles. The van der Waals surface area contributed by atoms with E-state index in [1.807, 2.05) is 36.7 Å². The molecule has 4 heteroatoms. The van der Waals surface area contributed by atoms with Gasteiger partial charge in [0.15, 0.2) is 0 Å². The molecule has 0 spiro atoms. The fourth-order valence-electron chi connectivity index (χ4n) is 2.10. The molecule has 1 aromatic carbocycles. The first-order chi connectivity index (χ1) is 9.08. The Bertz CT molecular complexity index is 573. The first-order valence-corrected chi connectivity index (χ1v) is 6.34. The molecule has 0 atom stereocenters. The van der Waals surface area contributed by atoms with Crippen LogP contribution in [0.2, 0.25) is 0 Å². The molecule has 0 aliphatic carbocycles. The van der Waals surface area contributed by atoms with Crippen LogP contribution >= 0.6 is 0 Å². The standard InChI is InChI=1S/C15H18N2O2/c1-11-13(10-12-6-4-3-5-7-12)16-14(17(11)2)8-9-15(18)19/h3-7H,8-10H2,1-2H3,(H,18,19). The Morgan fingerprint density at radius 3 is 2.63 bits per heavy atom. The van der Waals surface area contributed by atoms with E-state index in [1.54, 1.807) is 0 Å². The molecule has 2 aromatic rings. The van der Waals surface area contributed by atoms with E-state index in [-0.39, 0.29) is 6.42 Å². The zero-order valence-electron chi connectivity index (χ0n) is 11.3. The molecule has 2 rings (SSSR count). The number of aromatic nitrogens is 2. The maximum Gasteiger partial charge on any atom is 0.303 e. The fourth-order valence-corrected chi connectivity index (χ4v) is 2.10. The SMILES string of the molecule is Cc1c(Cc2ccccc2)nc(CCC(=O)O)n1C. The Balaban J connectivity index is 2.18. The van der Waals surface area contributed by atoms with Crippen molar-refractivity contribution in [1.82, 2.24) is 9.55 Å². The number of benzene rings is 1. The van der Waals surface area contributed by atoms with Crippen LogP contribution in [0.4, 0.5) is 0 Å². The van der Waals surface area contributed by atoms with Gasteiger partial charge in [-0.3, -0.25) is 4.79 Å². The van der Waals surface area contributed by atoms with E-state index >= 15 is 0 Å². The third kappa shape index (κ3) is 3.22. The van der Waals surface area contributed by atoms with Crippen molar-refractivity contribution in [3.8, 4) is 0 Å². The van der Waals surface area contributed by atoms with Crippen molar-refractivity contribution < 1.29 is 9.90 Å². The summed E-state index contributed by atoms with van der Waals surface area (Å²) in [6.07, 6.45) is 1.38. The highest BCUT2D eigenvalue weighted by Gasteiger charge is 2.12. The monoisotopic (exact) mass is 258 g/mol. The van der Waals surface area contributed by atoms with E-state index in [1.165, 1.54) is 5.56 Å². The molecule has 100 valence electrons. The Morgan fingerprint density at radius 1 is 1.32 bits per heavy atom. The third-order valence-corrected chi connectivity index (χ3v) is 3.35. The Hall–Kier alpha value is -2.10. The summed E-state index contributed by atoms with van der Waals surface area (Å²) in [5, 5.41) is 8.74. The largest absolute Gasteiger partial charge is 0.481 e. The van der Waals surface area contributed by atoms with Gasteiger partial charge < -0.3 is 9.67 Å². The van der Waals surface area contributed by atoms with Gasteiger partial charge in [-0.2, -0.15) is 0 Å². The number of carboxylic acids is 1. The Kier molecular flexibility index (Phi) is 4.00. The Morgan fingerprint density at radius 2 is 2.00 bits per heavy atom. The summed E-state index contributed by atoms with van der Waals surface area (Å²) in [4.78, 5) is 15.2. The van der Waals surface area contributed by atoms with Crippen LogP contribution < -0.4 is 0 Å². The van der Waals surface area contributed by atoms with Gasteiger partial charge in [-0.15, -0.1) is 0 Å². The first kappa shape index (κ1) is 13.3. The van der Waals surface area contributed by atoms with Crippen LogP contribution in [0.5, 0.6) is 0 Å². The molecule has 1 N–H and O–H groups in total. The molecule has 0 bridgehead atoms. The van der Waals surface area contributed by atoms with E-state index in [4.69, 9.17) is 5.11 Å². The molecule has 4 nitrogen and oxygen atoms in total. The lowest BCUT2D eigenvalue weighted by molar-refractivity contribution is -0.137. The summed E-state index contributed by atoms with van der Waals surface area (Å²) in [5.74, 6) is 0.0519. The summed E-state index contributed by atoms with van der Waals surface area (Å²) in [5.41, 5.74) is 3.34. The van der Waals surface area contributed by atoms with Crippen molar-refractivity contribution in [2.45, 2.75) is 26.2 Å². The minimum atomic E-state index is -0.787. The van der Waals surface area contributed by atoms with Crippen molar-refractivity contribution in [2.75, 3.05) is 0 Å². The summed E-state index contributed by atoms with van der Waals surface area (Å²) >= 11 is 0. The third-order valence-electron chi connectivity index (χ3n) is 3.35. The molecule has 0 unspecified atom stereocenters. The van der Waals surface area contributed by atoms with Gasteiger partial charge >= 0.3 is 5.97 Å². The second-order valence-corrected chi connectivity index (χ2v) is 4.68. The number of carbonyl (C=O) groups is 1. The molecule has 0 radical (unpaired) electrons. The molecule has 0 aliphatic rings. The van der Waals surface area contributed by atoms with Gasteiger partial charge in [0.2, 0.25) is 0 Å². The number of aliphatic carboxylic acids is 1. The molecule has 1 heterocycles. The van der Waals surface area contributed by atoms with Crippen LogP contribution in [0.15, 0.2) is 30.3 Å². The number of aryl methyl sites for hydroxylation is 1. The predicted molar refractivity (Wildman–Crippen MR) is 73.1 cm³/mol. The van der Waals surface area contributed by atoms with Crippen molar-refractivity contribution in [1.29, 1.82) is 0 Å². The topological polar surface area (TPSA) is 55.1 Å². The lowest BCUT2D eigenvalue weighted by Crippen LogP contribution is -2.03. The van der Waals surface area contributed by atoms with Gasteiger partial charge in [0.05, 0.1) is 12.1 Å². The summed E-state index contributed by atoms with van der Waals surface area (Å²) in [7, 11) is 1.94. The number of carboxylic acid groups (broad SMARTS) is 1. The van der Waals surface area contributed by atoms with Crippen LogP contribution in [0, 0.1) is 6.92 Å². The summed E-state index contributed by atoms with van der Waals surface area (Å²) in [6.45, 7) is 2.02. The predicted octanol–water partition coefficient (Wildman–Crippen LogP) is 2.34. The minimum Gasteiger partial charge on any atom is -0.481 e.